The second kappa shape index (κ2) is 8.09. The number of aliphatic carboxylic acids is 1. The van der Waals surface area contributed by atoms with Crippen molar-refractivity contribution in [2.75, 3.05) is 23.4 Å². The van der Waals surface area contributed by atoms with Crippen LogP contribution in [0, 0.1) is 6.92 Å². The molecule has 27 heavy (non-hydrogen) atoms. The summed E-state index contributed by atoms with van der Waals surface area (Å²) < 4.78 is 5.16. The molecule has 2 aromatic carbocycles. The molecule has 1 heterocycles. The summed E-state index contributed by atoms with van der Waals surface area (Å²) in [5, 5.41) is 11.6. The van der Waals surface area contributed by atoms with Crippen LogP contribution >= 0.6 is 0 Å². The van der Waals surface area contributed by atoms with Crippen molar-refractivity contribution < 1.29 is 19.4 Å². The maximum Gasteiger partial charge on any atom is 0.341 e. The molecule has 1 fully saturated rings. The number of carboxylic acid groups (broad SMARTS) is 1. The zero-order valence-electron chi connectivity index (χ0n) is 15.1. The van der Waals surface area contributed by atoms with Crippen LogP contribution in [0.3, 0.4) is 0 Å². The predicted octanol–water partition coefficient (Wildman–Crippen LogP) is 2.60. The first-order valence-electron chi connectivity index (χ1n) is 8.83. The monoisotopic (exact) mass is 369 g/mol. The van der Waals surface area contributed by atoms with E-state index in [4.69, 9.17) is 15.6 Å². The van der Waals surface area contributed by atoms with Gasteiger partial charge in [-0.1, -0.05) is 12.1 Å². The summed E-state index contributed by atoms with van der Waals surface area (Å²) in [5.41, 5.74) is 8.99. The second-order valence-corrected chi connectivity index (χ2v) is 6.53. The third-order valence-electron chi connectivity index (χ3n) is 4.57. The van der Waals surface area contributed by atoms with Gasteiger partial charge < -0.3 is 25.8 Å². The molecular formula is C20H23N3O4. The van der Waals surface area contributed by atoms with E-state index in [1.165, 1.54) is 0 Å². The first kappa shape index (κ1) is 18.7. The number of anilines is 2. The molecule has 1 aliphatic heterocycles. The molecule has 142 valence electrons. The van der Waals surface area contributed by atoms with Crippen LogP contribution in [0.15, 0.2) is 42.5 Å². The number of ether oxygens (including phenoxy) is 1. The Morgan fingerprint density at radius 1 is 1.30 bits per heavy atom. The number of carbonyl (C=O) groups is 2. The highest BCUT2D eigenvalue weighted by molar-refractivity contribution is 6.08. The highest BCUT2D eigenvalue weighted by Crippen LogP contribution is 2.28. The molecule has 1 amide bonds. The summed E-state index contributed by atoms with van der Waals surface area (Å²) >= 11 is 0. The zero-order chi connectivity index (χ0) is 19.4. The normalized spacial score (nSPS) is 16.2. The number of rotatable bonds is 6. The topological polar surface area (TPSA) is 105 Å². The van der Waals surface area contributed by atoms with E-state index in [1.807, 2.05) is 25.1 Å². The Balaban J connectivity index is 1.77. The standard InChI is InChI=1S/C20H23N3O4/c1-13-11-14(27-12-19(24)25)8-9-16(13)22-20(26)15-5-2-3-6-17(15)23-10-4-7-18(23)21/h2-3,5-6,8-9,11,18H,4,7,10,12,21H2,1H3,(H,22,26)(H,24,25). The number of nitrogens with one attached hydrogen (secondary N) is 1. The minimum absolute atomic E-state index is 0.0775. The van der Waals surface area contributed by atoms with Crippen molar-refractivity contribution in [3.8, 4) is 5.75 Å². The fourth-order valence-corrected chi connectivity index (χ4v) is 3.21. The third-order valence-corrected chi connectivity index (χ3v) is 4.57. The summed E-state index contributed by atoms with van der Waals surface area (Å²) in [6.07, 6.45) is 1.84. The number of nitrogens with two attached hydrogens (primary N) is 1. The molecule has 1 saturated heterocycles. The molecule has 0 saturated carbocycles. The second-order valence-electron chi connectivity index (χ2n) is 6.53. The Labute approximate surface area is 157 Å². The Morgan fingerprint density at radius 2 is 2.07 bits per heavy atom. The van der Waals surface area contributed by atoms with Crippen molar-refractivity contribution in [3.63, 3.8) is 0 Å². The van der Waals surface area contributed by atoms with Gasteiger partial charge in [0.25, 0.3) is 5.91 Å². The molecule has 3 rings (SSSR count). The first-order chi connectivity index (χ1) is 13.0. The smallest absolute Gasteiger partial charge is 0.341 e. The Kier molecular flexibility index (Phi) is 5.61. The van der Waals surface area contributed by atoms with Gasteiger partial charge in [-0.2, -0.15) is 0 Å². The molecule has 0 aliphatic carbocycles. The summed E-state index contributed by atoms with van der Waals surface area (Å²) in [7, 11) is 0. The molecule has 0 spiro atoms. The maximum absolute atomic E-state index is 12.9. The summed E-state index contributed by atoms with van der Waals surface area (Å²) in [6.45, 7) is 2.25. The quantitative estimate of drug-likeness (QED) is 0.723. The van der Waals surface area contributed by atoms with Crippen LogP contribution in [-0.4, -0.2) is 36.3 Å². The Morgan fingerprint density at radius 3 is 2.74 bits per heavy atom. The molecule has 4 N–H and O–H groups in total. The largest absolute Gasteiger partial charge is 0.482 e. The van der Waals surface area contributed by atoms with Crippen LogP contribution in [0.5, 0.6) is 5.75 Å². The van der Waals surface area contributed by atoms with Crippen LogP contribution in [0.2, 0.25) is 0 Å². The van der Waals surface area contributed by atoms with Gasteiger partial charge in [0.15, 0.2) is 6.61 Å². The minimum Gasteiger partial charge on any atom is -0.482 e. The van der Waals surface area contributed by atoms with Gasteiger partial charge in [0.1, 0.15) is 5.75 Å². The molecule has 2 aromatic rings. The molecular weight excluding hydrogens is 346 g/mol. The van der Waals surface area contributed by atoms with Gasteiger partial charge in [-0.25, -0.2) is 4.79 Å². The van der Waals surface area contributed by atoms with Crippen molar-refractivity contribution >= 4 is 23.3 Å². The number of amides is 1. The van der Waals surface area contributed by atoms with E-state index < -0.39 is 12.6 Å². The van der Waals surface area contributed by atoms with E-state index in [2.05, 4.69) is 10.2 Å². The van der Waals surface area contributed by atoms with Crippen LogP contribution in [-0.2, 0) is 4.79 Å². The first-order valence-corrected chi connectivity index (χ1v) is 8.83. The zero-order valence-corrected chi connectivity index (χ0v) is 15.1. The highest BCUT2D eigenvalue weighted by atomic mass is 16.5. The van der Waals surface area contributed by atoms with Gasteiger partial charge >= 0.3 is 5.97 Å². The number of aryl methyl sites for hydroxylation is 1. The average molecular weight is 369 g/mol. The predicted molar refractivity (Wildman–Crippen MR) is 103 cm³/mol. The van der Waals surface area contributed by atoms with E-state index in [1.54, 1.807) is 24.3 Å². The van der Waals surface area contributed by atoms with Crippen molar-refractivity contribution in [1.29, 1.82) is 0 Å². The number of para-hydroxylation sites is 1. The number of nitrogens with zero attached hydrogens (tertiary/aromatic N) is 1. The summed E-state index contributed by atoms with van der Waals surface area (Å²) in [4.78, 5) is 25.5. The lowest BCUT2D eigenvalue weighted by atomic mass is 10.1. The van der Waals surface area contributed by atoms with Crippen LogP contribution < -0.4 is 20.7 Å². The third kappa shape index (κ3) is 4.38. The van der Waals surface area contributed by atoms with Crippen LogP contribution in [0.25, 0.3) is 0 Å². The molecule has 0 bridgehead atoms. The van der Waals surface area contributed by atoms with Gasteiger partial charge in [0, 0.05) is 12.2 Å². The highest BCUT2D eigenvalue weighted by Gasteiger charge is 2.25. The number of carbonyl (C=O) groups excluding carboxylic acids is 1. The summed E-state index contributed by atoms with van der Waals surface area (Å²) in [5.74, 6) is -0.815. The average Bonchev–Trinajstić information content (AvgIpc) is 3.07. The van der Waals surface area contributed by atoms with Crippen LogP contribution in [0.4, 0.5) is 11.4 Å². The minimum atomic E-state index is -1.04. The SMILES string of the molecule is Cc1cc(OCC(=O)O)ccc1NC(=O)c1ccccc1N1CCCC1N. The van der Waals surface area contributed by atoms with Gasteiger partial charge in [-0.3, -0.25) is 4.79 Å². The molecule has 1 unspecified atom stereocenters. The molecule has 1 atom stereocenters. The van der Waals surface area contributed by atoms with E-state index in [0.29, 0.717) is 17.0 Å². The lowest BCUT2D eigenvalue weighted by Gasteiger charge is -2.25. The van der Waals surface area contributed by atoms with E-state index in [0.717, 1.165) is 30.6 Å². The van der Waals surface area contributed by atoms with E-state index >= 15 is 0 Å². The molecule has 7 heteroatoms. The molecule has 0 aromatic heterocycles. The van der Waals surface area contributed by atoms with Gasteiger partial charge in [-0.05, 0) is 55.7 Å². The van der Waals surface area contributed by atoms with Crippen molar-refractivity contribution in [2.45, 2.75) is 25.9 Å². The number of hydrogen-bond donors (Lipinski definition) is 3. The lowest BCUT2D eigenvalue weighted by Crippen LogP contribution is -2.37. The fraction of sp³-hybridized carbons (Fsp3) is 0.300. The van der Waals surface area contributed by atoms with E-state index in [-0.39, 0.29) is 12.1 Å². The Hall–Kier alpha value is -3.06. The summed E-state index contributed by atoms with van der Waals surface area (Å²) in [6, 6.07) is 12.5. The van der Waals surface area contributed by atoms with E-state index in [9.17, 15) is 9.59 Å². The van der Waals surface area contributed by atoms with Crippen molar-refractivity contribution in [3.05, 3.63) is 53.6 Å². The van der Waals surface area contributed by atoms with Gasteiger partial charge in [0.05, 0.1) is 17.4 Å². The molecule has 1 aliphatic rings. The van der Waals surface area contributed by atoms with Crippen molar-refractivity contribution in [2.24, 2.45) is 5.73 Å². The van der Waals surface area contributed by atoms with Gasteiger partial charge in [-0.15, -0.1) is 0 Å². The number of benzene rings is 2. The molecule has 0 radical (unpaired) electrons. The fourth-order valence-electron chi connectivity index (χ4n) is 3.21. The molecule has 7 nitrogen and oxygen atoms in total. The Bertz CT molecular complexity index is 853. The maximum atomic E-state index is 12.9. The number of carboxylic acids is 1. The van der Waals surface area contributed by atoms with Gasteiger partial charge in [0.2, 0.25) is 0 Å². The lowest BCUT2D eigenvalue weighted by molar-refractivity contribution is -0.139. The van der Waals surface area contributed by atoms with Crippen LogP contribution in [0.1, 0.15) is 28.8 Å². The van der Waals surface area contributed by atoms with Crippen molar-refractivity contribution in [1.82, 2.24) is 0 Å². The number of hydrogen-bond acceptors (Lipinski definition) is 5.